The molecule has 1 N–H and O–H groups in total. The van der Waals surface area contributed by atoms with Crippen LogP contribution in [0.15, 0.2) is 48.7 Å². The fraction of sp³-hybridized carbons (Fsp3) is 0. The Bertz CT molecular complexity index is 497. The molecule has 0 atom stereocenters. The molecule has 1 aromatic heterocycles. The van der Waals surface area contributed by atoms with E-state index in [-0.39, 0.29) is 11.3 Å². The lowest BCUT2D eigenvalue weighted by Crippen LogP contribution is -1.99. The molecule has 2 aromatic rings. The molecule has 1 heterocycles. The summed E-state index contributed by atoms with van der Waals surface area (Å²) in [5, 5.41) is 8.94. The molecule has 0 fully saturated rings. The highest BCUT2D eigenvalue weighted by Crippen LogP contribution is 2.23. The molecule has 4 heteroatoms. The first kappa shape index (κ1) is 10.2. The van der Waals surface area contributed by atoms with E-state index in [0.717, 1.165) is 0 Å². The molecule has 0 amide bonds. The molecule has 0 aliphatic rings. The second-order valence-electron chi connectivity index (χ2n) is 3.07. The SMILES string of the molecule is O=C(O)c1ccccc1Oc1ccccn1. The van der Waals surface area contributed by atoms with Crippen LogP contribution in [0.1, 0.15) is 10.4 Å². The van der Waals surface area contributed by atoms with E-state index in [9.17, 15) is 4.79 Å². The van der Waals surface area contributed by atoms with Crippen molar-refractivity contribution in [2.24, 2.45) is 0 Å². The van der Waals surface area contributed by atoms with E-state index in [1.165, 1.54) is 6.07 Å². The van der Waals surface area contributed by atoms with Crippen molar-refractivity contribution in [1.82, 2.24) is 4.98 Å². The van der Waals surface area contributed by atoms with Gasteiger partial charge in [-0.3, -0.25) is 0 Å². The highest BCUT2D eigenvalue weighted by Gasteiger charge is 2.10. The van der Waals surface area contributed by atoms with E-state index >= 15 is 0 Å². The van der Waals surface area contributed by atoms with Crippen molar-refractivity contribution in [3.8, 4) is 11.6 Å². The van der Waals surface area contributed by atoms with Gasteiger partial charge in [0.15, 0.2) is 0 Å². The van der Waals surface area contributed by atoms with Crippen molar-refractivity contribution in [1.29, 1.82) is 0 Å². The van der Waals surface area contributed by atoms with Gasteiger partial charge in [-0.15, -0.1) is 0 Å². The molecule has 4 nitrogen and oxygen atoms in total. The molecule has 0 aliphatic carbocycles. The Labute approximate surface area is 92.1 Å². The van der Waals surface area contributed by atoms with Crippen LogP contribution < -0.4 is 4.74 Å². The van der Waals surface area contributed by atoms with Gasteiger partial charge in [0.05, 0.1) is 0 Å². The normalized spacial score (nSPS) is 9.75. The lowest BCUT2D eigenvalue weighted by Gasteiger charge is -2.06. The van der Waals surface area contributed by atoms with Gasteiger partial charge in [0.2, 0.25) is 5.88 Å². The van der Waals surface area contributed by atoms with Crippen molar-refractivity contribution in [3.05, 3.63) is 54.2 Å². The molecule has 0 saturated heterocycles. The fourth-order valence-electron chi connectivity index (χ4n) is 1.25. The lowest BCUT2D eigenvalue weighted by atomic mass is 10.2. The maximum absolute atomic E-state index is 10.9. The van der Waals surface area contributed by atoms with E-state index in [4.69, 9.17) is 9.84 Å². The van der Waals surface area contributed by atoms with Gasteiger partial charge in [0.1, 0.15) is 11.3 Å². The van der Waals surface area contributed by atoms with Gasteiger partial charge < -0.3 is 9.84 Å². The van der Waals surface area contributed by atoms with Crippen molar-refractivity contribution in [2.45, 2.75) is 0 Å². The number of benzene rings is 1. The van der Waals surface area contributed by atoms with E-state index in [0.29, 0.717) is 5.88 Å². The molecule has 0 bridgehead atoms. The summed E-state index contributed by atoms with van der Waals surface area (Å²) in [4.78, 5) is 14.9. The predicted octanol–water partition coefficient (Wildman–Crippen LogP) is 2.57. The quantitative estimate of drug-likeness (QED) is 0.854. The Morgan fingerprint density at radius 2 is 1.88 bits per heavy atom. The van der Waals surface area contributed by atoms with Crippen molar-refractivity contribution in [3.63, 3.8) is 0 Å². The van der Waals surface area contributed by atoms with Crippen LogP contribution in [0.5, 0.6) is 11.6 Å². The summed E-state index contributed by atoms with van der Waals surface area (Å²) in [7, 11) is 0. The summed E-state index contributed by atoms with van der Waals surface area (Å²) < 4.78 is 5.38. The summed E-state index contributed by atoms with van der Waals surface area (Å²) in [6, 6.07) is 11.6. The lowest BCUT2D eigenvalue weighted by molar-refractivity contribution is 0.0694. The second kappa shape index (κ2) is 4.44. The summed E-state index contributed by atoms with van der Waals surface area (Å²) >= 11 is 0. The van der Waals surface area contributed by atoms with Gasteiger partial charge in [-0.2, -0.15) is 0 Å². The van der Waals surface area contributed by atoms with Crippen LogP contribution in [-0.4, -0.2) is 16.1 Å². The number of carboxylic acids is 1. The Hall–Kier alpha value is -2.36. The number of pyridine rings is 1. The van der Waals surface area contributed by atoms with Gasteiger partial charge in [0, 0.05) is 12.3 Å². The van der Waals surface area contributed by atoms with Crippen molar-refractivity contribution < 1.29 is 14.6 Å². The largest absolute Gasteiger partial charge is 0.478 e. The Balaban J connectivity index is 2.31. The zero-order valence-electron chi connectivity index (χ0n) is 8.33. The first-order valence-corrected chi connectivity index (χ1v) is 4.68. The molecule has 80 valence electrons. The minimum Gasteiger partial charge on any atom is -0.478 e. The standard InChI is InChI=1S/C12H9NO3/c14-12(15)9-5-1-2-6-10(9)16-11-7-3-4-8-13-11/h1-8H,(H,14,15). The Morgan fingerprint density at radius 1 is 1.12 bits per heavy atom. The minimum atomic E-state index is -1.02. The number of hydrogen-bond acceptors (Lipinski definition) is 3. The van der Waals surface area contributed by atoms with E-state index in [2.05, 4.69) is 4.98 Å². The number of nitrogens with zero attached hydrogens (tertiary/aromatic N) is 1. The van der Waals surface area contributed by atoms with Crippen LogP contribution in [0.25, 0.3) is 0 Å². The summed E-state index contributed by atoms with van der Waals surface area (Å²) in [5.41, 5.74) is 0.119. The molecule has 0 unspecified atom stereocenters. The summed E-state index contributed by atoms with van der Waals surface area (Å²) in [6.07, 6.45) is 1.58. The predicted molar refractivity (Wildman–Crippen MR) is 57.7 cm³/mol. The number of rotatable bonds is 3. The average molecular weight is 215 g/mol. The molecule has 2 rings (SSSR count). The molecule has 16 heavy (non-hydrogen) atoms. The van der Waals surface area contributed by atoms with Gasteiger partial charge in [-0.05, 0) is 18.2 Å². The third-order valence-corrected chi connectivity index (χ3v) is 1.97. The topological polar surface area (TPSA) is 59.4 Å². The first-order chi connectivity index (χ1) is 7.77. The van der Waals surface area contributed by atoms with Crippen molar-refractivity contribution in [2.75, 3.05) is 0 Å². The number of carboxylic acid groups (broad SMARTS) is 1. The highest BCUT2D eigenvalue weighted by atomic mass is 16.5. The van der Waals surface area contributed by atoms with E-state index in [1.807, 2.05) is 0 Å². The monoisotopic (exact) mass is 215 g/mol. The maximum atomic E-state index is 10.9. The van der Waals surface area contributed by atoms with Crippen LogP contribution in [0.3, 0.4) is 0 Å². The number of carbonyl (C=O) groups is 1. The number of aromatic carboxylic acids is 1. The molecular weight excluding hydrogens is 206 g/mol. The summed E-state index contributed by atoms with van der Waals surface area (Å²) in [6.45, 7) is 0. The van der Waals surface area contributed by atoms with Crippen LogP contribution in [0.4, 0.5) is 0 Å². The van der Waals surface area contributed by atoms with Crippen LogP contribution in [0.2, 0.25) is 0 Å². The molecule has 0 saturated carbocycles. The fourth-order valence-corrected chi connectivity index (χ4v) is 1.25. The summed E-state index contributed by atoms with van der Waals surface area (Å²) in [5.74, 6) is -0.364. The average Bonchev–Trinajstić information content (AvgIpc) is 2.31. The Kier molecular flexibility index (Phi) is 2.82. The van der Waals surface area contributed by atoms with Gasteiger partial charge >= 0.3 is 5.97 Å². The Morgan fingerprint density at radius 3 is 2.56 bits per heavy atom. The first-order valence-electron chi connectivity index (χ1n) is 4.68. The van der Waals surface area contributed by atoms with Crippen LogP contribution in [-0.2, 0) is 0 Å². The van der Waals surface area contributed by atoms with Crippen LogP contribution in [0, 0.1) is 0 Å². The zero-order valence-corrected chi connectivity index (χ0v) is 8.33. The number of hydrogen-bond donors (Lipinski definition) is 1. The number of ether oxygens (including phenoxy) is 1. The minimum absolute atomic E-state index is 0.119. The molecule has 1 aromatic carbocycles. The number of aromatic nitrogens is 1. The third kappa shape index (κ3) is 2.17. The third-order valence-electron chi connectivity index (χ3n) is 1.97. The highest BCUT2D eigenvalue weighted by molar-refractivity contribution is 5.90. The molecular formula is C12H9NO3. The zero-order chi connectivity index (χ0) is 11.4. The van der Waals surface area contributed by atoms with E-state index < -0.39 is 5.97 Å². The van der Waals surface area contributed by atoms with Gasteiger partial charge in [-0.25, -0.2) is 9.78 Å². The number of para-hydroxylation sites is 1. The maximum Gasteiger partial charge on any atom is 0.339 e. The van der Waals surface area contributed by atoms with Crippen molar-refractivity contribution >= 4 is 5.97 Å². The smallest absolute Gasteiger partial charge is 0.339 e. The van der Waals surface area contributed by atoms with Crippen LogP contribution >= 0.6 is 0 Å². The van der Waals surface area contributed by atoms with E-state index in [1.54, 1.807) is 42.6 Å². The molecule has 0 aliphatic heterocycles. The van der Waals surface area contributed by atoms with Gasteiger partial charge in [0.25, 0.3) is 0 Å². The second-order valence-corrected chi connectivity index (χ2v) is 3.07. The molecule has 0 radical (unpaired) electrons. The van der Waals surface area contributed by atoms with Gasteiger partial charge in [-0.1, -0.05) is 18.2 Å². The molecule has 0 spiro atoms.